The van der Waals surface area contributed by atoms with Gasteiger partial charge in [-0.05, 0) is 0 Å². The molecule has 2 aliphatic carbocycles. The summed E-state index contributed by atoms with van der Waals surface area (Å²) >= 11 is -1.85. The predicted octanol–water partition coefficient (Wildman–Crippen LogP) is 1.33. The number of halogens is 2. The molecular formula is C22H37F2SiZr. The topological polar surface area (TPSA) is 0 Å². The van der Waals surface area contributed by atoms with Gasteiger partial charge in [-0.3, -0.25) is 0 Å². The molecule has 0 amide bonds. The first-order chi connectivity index (χ1) is 11.0. The quantitative estimate of drug-likeness (QED) is 0.545. The summed E-state index contributed by atoms with van der Waals surface area (Å²) < 4.78 is 0.827. The van der Waals surface area contributed by atoms with Crippen molar-refractivity contribution in [3.8, 4) is 0 Å². The van der Waals surface area contributed by atoms with Crippen LogP contribution in [0.5, 0.6) is 0 Å². The second-order valence-electron chi connectivity index (χ2n) is 8.49. The minimum atomic E-state index is -1.85. The molecule has 0 saturated heterocycles. The van der Waals surface area contributed by atoms with Crippen LogP contribution in [0.15, 0.2) is 45.6 Å². The van der Waals surface area contributed by atoms with Crippen LogP contribution < -0.4 is 9.41 Å². The fourth-order valence-corrected chi connectivity index (χ4v) is 37.9. The molecule has 0 fully saturated rings. The number of hydrogen-bond acceptors (Lipinski definition) is 0. The summed E-state index contributed by atoms with van der Waals surface area (Å²) in [6, 6.07) is 2.96. The minimum absolute atomic E-state index is 0. The van der Waals surface area contributed by atoms with Crippen LogP contribution in [-0.2, 0) is 20.9 Å². The predicted molar refractivity (Wildman–Crippen MR) is 109 cm³/mol. The van der Waals surface area contributed by atoms with Crippen molar-refractivity contribution in [2.45, 2.75) is 87.6 Å². The van der Waals surface area contributed by atoms with Gasteiger partial charge in [0.2, 0.25) is 0 Å². The second-order valence-corrected chi connectivity index (χ2v) is 28.1. The van der Waals surface area contributed by atoms with Crippen LogP contribution in [-0.4, -0.2) is 5.92 Å². The van der Waals surface area contributed by atoms with Gasteiger partial charge in [0, 0.05) is 0 Å². The van der Waals surface area contributed by atoms with Gasteiger partial charge >= 0.3 is 160 Å². The molecule has 2 atom stereocenters. The van der Waals surface area contributed by atoms with Gasteiger partial charge in [-0.25, -0.2) is 0 Å². The van der Waals surface area contributed by atoms with E-state index in [1.54, 1.807) is 33.4 Å². The first-order valence-corrected chi connectivity index (χ1v) is 18.6. The molecule has 0 radical (unpaired) electrons. The van der Waals surface area contributed by atoms with Crippen molar-refractivity contribution in [2.24, 2.45) is 0 Å². The standard InChI is InChI=1S/2C9H13.C4H11Si.2FH.Zr/c2*1-6-5-7(2)9(4)8(6)3;1-3-5-4-2;;;/h2*5H,1-4H3;5H,3-4H2,1-2H3;2*1H;/q;;;;;+2/p-2. The average molecular weight is 459 g/mol. The van der Waals surface area contributed by atoms with Crippen LogP contribution in [0, 0.1) is 0 Å². The Labute approximate surface area is 168 Å². The molecule has 0 bridgehead atoms. The van der Waals surface area contributed by atoms with Gasteiger partial charge in [0.1, 0.15) is 0 Å². The summed E-state index contributed by atoms with van der Waals surface area (Å²) in [5.74, 6) is -0.695. The fraction of sp³-hybridized carbons (Fsp3) is 0.636. The van der Waals surface area contributed by atoms with E-state index in [4.69, 9.17) is 0 Å². The van der Waals surface area contributed by atoms with Crippen LogP contribution in [0.3, 0.4) is 0 Å². The Morgan fingerprint density at radius 3 is 1.23 bits per heavy atom. The zero-order valence-electron chi connectivity index (χ0n) is 18.4. The molecular weight excluding hydrogens is 422 g/mol. The summed E-state index contributed by atoms with van der Waals surface area (Å²) in [5, 5.41) is 0. The molecule has 0 aliphatic heterocycles. The monoisotopic (exact) mass is 457 g/mol. The largest absolute Gasteiger partial charge is 1.00 e. The molecule has 0 N–H and O–H groups in total. The Hall–Kier alpha value is -0.0800. The molecule has 2 unspecified atom stereocenters. The summed E-state index contributed by atoms with van der Waals surface area (Å²) in [6.07, 6.45) is 5.40. The summed E-state index contributed by atoms with van der Waals surface area (Å²) in [7, 11) is 0. The normalized spacial score (nSPS) is 28.1. The molecule has 0 aromatic carbocycles. The minimum Gasteiger partial charge on any atom is -1.00 e. The first-order valence-electron chi connectivity index (χ1n) is 9.67. The Kier molecular flexibility index (Phi) is 8.92. The number of rotatable bonds is 5. The average Bonchev–Trinajstić information content (AvgIpc) is 2.85. The SMILES string of the molecule is CC[SiH](CC)[Zr+2]([C]1(C)C=C(C)C(C)=C1C)[C]1(C)C=C(C)C(C)=C1C.[F-].[F-]. The van der Waals surface area contributed by atoms with Crippen LogP contribution in [0.2, 0.25) is 18.3 Å². The maximum Gasteiger partial charge on any atom is -1.00 e. The van der Waals surface area contributed by atoms with E-state index in [0.717, 1.165) is 0 Å². The van der Waals surface area contributed by atoms with Crippen molar-refractivity contribution >= 4 is 5.92 Å². The van der Waals surface area contributed by atoms with Gasteiger partial charge in [0.15, 0.2) is 0 Å². The van der Waals surface area contributed by atoms with Crippen molar-refractivity contribution in [1.82, 2.24) is 0 Å². The van der Waals surface area contributed by atoms with Gasteiger partial charge in [-0.15, -0.1) is 0 Å². The van der Waals surface area contributed by atoms with Crippen molar-refractivity contribution in [3.63, 3.8) is 0 Å². The van der Waals surface area contributed by atoms with E-state index in [-0.39, 0.29) is 9.41 Å². The fourth-order valence-electron chi connectivity index (χ4n) is 5.31. The van der Waals surface area contributed by atoms with E-state index in [2.05, 4.69) is 81.4 Å². The van der Waals surface area contributed by atoms with Crippen LogP contribution in [0.4, 0.5) is 0 Å². The van der Waals surface area contributed by atoms with Crippen molar-refractivity contribution in [1.29, 1.82) is 0 Å². The molecule has 2 aliphatic rings. The Morgan fingerprint density at radius 2 is 1.04 bits per heavy atom. The third kappa shape index (κ3) is 3.75. The molecule has 4 heteroatoms. The van der Waals surface area contributed by atoms with Crippen LogP contribution in [0.1, 0.15) is 69.2 Å². The van der Waals surface area contributed by atoms with Gasteiger partial charge in [0.05, 0.1) is 0 Å². The smallest absolute Gasteiger partial charge is 1.00 e. The van der Waals surface area contributed by atoms with Crippen LogP contribution in [0.25, 0.3) is 0 Å². The molecule has 0 aromatic rings. The van der Waals surface area contributed by atoms with Gasteiger partial charge in [-0.2, -0.15) is 0 Å². The number of hydrogen-bond donors (Lipinski definition) is 0. The zero-order valence-corrected chi connectivity index (χ0v) is 22.0. The molecule has 2 rings (SSSR count). The van der Waals surface area contributed by atoms with E-state index >= 15 is 0 Å². The Bertz CT molecular complexity index is 618. The van der Waals surface area contributed by atoms with E-state index < -0.39 is 26.8 Å². The zero-order chi connectivity index (χ0) is 18.4. The Balaban J connectivity index is 0.00000312. The van der Waals surface area contributed by atoms with Gasteiger partial charge in [0.25, 0.3) is 0 Å². The summed E-state index contributed by atoms with van der Waals surface area (Å²) in [5.41, 5.74) is 9.67. The maximum atomic E-state index is 2.70. The summed E-state index contributed by atoms with van der Waals surface area (Å²) in [6.45, 7) is 24.5. The van der Waals surface area contributed by atoms with Gasteiger partial charge < -0.3 is 9.41 Å². The maximum absolute atomic E-state index is 2.70. The summed E-state index contributed by atoms with van der Waals surface area (Å²) in [4.78, 5) is 0. The van der Waals surface area contributed by atoms with Crippen LogP contribution >= 0.6 is 0 Å². The third-order valence-corrected chi connectivity index (χ3v) is 37.4. The molecule has 147 valence electrons. The molecule has 0 spiro atoms. The second kappa shape index (κ2) is 8.95. The van der Waals surface area contributed by atoms with E-state index in [9.17, 15) is 0 Å². The molecule has 0 aromatic heterocycles. The van der Waals surface area contributed by atoms with E-state index in [0.29, 0.717) is 6.25 Å². The van der Waals surface area contributed by atoms with Crippen molar-refractivity contribution < 1.29 is 30.3 Å². The van der Waals surface area contributed by atoms with Gasteiger partial charge in [-0.1, -0.05) is 0 Å². The molecule has 26 heavy (non-hydrogen) atoms. The molecule has 0 nitrogen and oxygen atoms in total. The number of allylic oxidation sites excluding steroid dienone is 8. The van der Waals surface area contributed by atoms with Crippen molar-refractivity contribution in [2.75, 3.05) is 0 Å². The molecule has 0 heterocycles. The Morgan fingerprint density at radius 1 is 0.731 bits per heavy atom. The van der Waals surface area contributed by atoms with Crippen molar-refractivity contribution in [3.05, 3.63) is 45.6 Å². The molecule has 0 saturated carbocycles. The van der Waals surface area contributed by atoms with E-state index in [1.807, 2.05) is 0 Å². The third-order valence-electron chi connectivity index (χ3n) is 7.39. The van der Waals surface area contributed by atoms with E-state index in [1.165, 1.54) is 12.1 Å². The first kappa shape index (κ1) is 25.9.